The molecule has 0 amide bonds. The van der Waals surface area contributed by atoms with Gasteiger partial charge in [0.15, 0.2) is 0 Å². The van der Waals surface area contributed by atoms with Gasteiger partial charge in [0, 0.05) is 34.5 Å². The molecule has 2 aliphatic rings. The van der Waals surface area contributed by atoms with Crippen LogP contribution >= 0.6 is 0 Å². The Labute approximate surface area is 164 Å². The van der Waals surface area contributed by atoms with E-state index in [9.17, 15) is 0 Å². The number of furan rings is 1. The van der Waals surface area contributed by atoms with Gasteiger partial charge in [-0.25, -0.2) is 0 Å². The molecule has 2 unspecified atom stereocenters. The topological polar surface area (TPSA) is 34.4 Å². The molecule has 28 heavy (non-hydrogen) atoms. The Bertz CT molecular complexity index is 1190. The zero-order valence-electron chi connectivity index (χ0n) is 15.9. The molecule has 3 aromatic carbocycles. The van der Waals surface area contributed by atoms with Gasteiger partial charge in [-0.15, -0.1) is 0 Å². The summed E-state index contributed by atoms with van der Waals surface area (Å²) >= 11 is 0. The molecule has 1 saturated heterocycles. The SMILES string of the molecule is Cc1ccc2c(c1)C1OCCCC1[C@H](c1ccc3oc4ccccc4c3c1)N2. The number of rotatable bonds is 1. The molecular formula is C25H23NO2. The van der Waals surface area contributed by atoms with Crippen molar-refractivity contribution in [2.24, 2.45) is 5.92 Å². The van der Waals surface area contributed by atoms with Crippen molar-refractivity contribution in [2.45, 2.75) is 31.9 Å². The Morgan fingerprint density at radius 3 is 2.79 bits per heavy atom. The minimum atomic E-state index is 0.173. The first-order valence-corrected chi connectivity index (χ1v) is 10.2. The highest BCUT2D eigenvalue weighted by Crippen LogP contribution is 2.49. The molecule has 1 fully saturated rings. The Balaban J connectivity index is 1.49. The minimum absolute atomic E-state index is 0.173. The van der Waals surface area contributed by atoms with Crippen molar-refractivity contribution in [1.29, 1.82) is 0 Å². The zero-order valence-corrected chi connectivity index (χ0v) is 15.9. The summed E-state index contributed by atoms with van der Waals surface area (Å²) in [5.74, 6) is 0.443. The lowest BCUT2D eigenvalue weighted by molar-refractivity contribution is -0.0381. The third-order valence-electron chi connectivity index (χ3n) is 6.38. The molecule has 1 N–H and O–H groups in total. The molecule has 1 aromatic heterocycles. The minimum Gasteiger partial charge on any atom is -0.456 e. The van der Waals surface area contributed by atoms with E-state index in [1.54, 1.807) is 0 Å². The van der Waals surface area contributed by atoms with Crippen molar-refractivity contribution >= 4 is 27.6 Å². The largest absolute Gasteiger partial charge is 0.456 e. The predicted octanol–water partition coefficient (Wildman–Crippen LogP) is 6.53. The fraction of sp³-hybridized carbons (Fsp3) is 0.280. The van der Waals surface area contributed by atoms with Gasteiger partial charge in [-0.2, -0.15) is 0 Å². The molecule has 3 nitrogen and oxygen atoms in total. The summed E-state index contributed by atoms with van der Waals surface area (Å²) in [6.07, 6.45) is 2.48. The van der Waals surface area contributed by atoms with E-state index in [1.807, 2.05) is 12.1 Å². The highest BCUT2D eigenvalue weighted by atomic mass is 16.5. The van der Waals surface area contributed by atoms with Crippen LogP contribution in [0.15, 0.2) is 65.1 Å². The number of nitrogens with one attached hydrogen (secondary N) is 1. The number of aryl methyl sites for hydroxylation is 1. The van der Waals surface area contributed by atoms with Gasteiger partial charge in [-0.3, -0.25) is 0 Å². The molecule has 0 radical (unpaired) electrons. The number of hydrogen-bond acceptors (Lipinski definition) is 3. The standard InChI is InChI=1S/C25H23NO2/c1-15-8-10-21-20(13-15)25-18(6-4-12-27-25)24(26-21)16-9-11-23-19(14-16)17-5-2-3-7-22(17)28-23/h2-3,5,7-11,13-14,18,24-26H,4,6,12H2,1H3/t18?,24-,25?/m0/s1. The molecule has 3 heterocycles. The lowest BCUT2D eigenvalue weighted by Gasteiger charge is -2.43. The number of ether oxygens (including phenoxy) is 1. The van der Waals surface area contributed by atoms with Gasteiger partial charge in [0.05, 0.1) is 12.1 Å². The van der Waals surface area contributed by atoms with Gasteiger partial charge in [-0.1, -0.05) is 42.0 Å². The van der Waals surface area contributed by atoms with Crippen LogP contribution in [0.3, 0.4) is 0 Å². The predicted molar refractivity (Wildman–Crippen MR) is 113 cm³/mol. The van der Waals surface area contributed by atoms with Crippen LogP contribution in [0.25, 0.3) is 21.9 Å². The van der Waals surface area contributed by atoms with Crippen molar-refractivity contribution < 1.29 is 9.15 Å². The molecule has 6 rings (SSSR count). The third-order valence-corrected chi connectivity index (χ3v) is 6.38. The molecule has 0 spiro atoms. The first-order valence-electron chi connectivity index (χ1n) is 10.2. The van der Waals surface area contributed by atoms with E-state index < -0.39 is 0 Å². The average molecular weight is 369 g/mol. The third kappa shape index (κ3) is 2.39. The van der Waals surface area contributed by atoms with Gasteiger partial charge in [0.2, 0.25) is 0 Å². The Morgan fingerprint density at radius 1 is 0.929 bits per heavy atom. The van der Waals surface area contributed by atoms with Gasteiger partial charge >= 0.3 is 0 Å². The van der Waals surface area contributed by atoms with Crippen molar-refractivity contribution in [2.75, 3.05) is 11.9 Å². The fourth-order valence-corrected chi connectivity index (χ4v) is 5.06. The average Bonchev–Trinajstić information content (AvgIpc) is 3.11. The first-order chi connectivity index (χ1) is 13.8. The summed E-state index contributed by atoms with van der Waals surface area (Å²) < 4.78 is 12.3. The number of para-hydroxylation sites is 1. The van der Waals surface area contributed by atoms with Gasteiger partial charge < -0.3 is 14.5 Å². The number of anilines is 1. The van der Waals surface area contributed by atoms with Crippen LogP contribution in [-0.2, 0) is 4.74 Å². The van der Waals surface area contributed by atoms with Gasteiger partial charge in [-0.05, 0) is 49.6 Å². The van der Waals surface area contributed by atoms with E-state index >= 15 is 0 Å². The quantitative estimate of drug-likeness (QED) is 0.414. The first kappa shape index (κ1) is 16.2. The van der Waals surface area contributed by atoms with E-state index in [-0.39, 0.29) is 12.1 Å². The smallest absolute Gasteiger partial charge is 0.135 e. The van der Waals surface area contributed by atoms with Crippen molar-refractivity contribution in [1.82, 2.24) is 0 Å². The van der Waals surface area contributed by atoms with E-state index in [1.165, 1.54) is 39.6 Å². The molecule has 4 aromatic rings. The van der Waals surface area contributed by atoms with Crippen LogP contribution < -0.4 is 5.32 Å². The summed E-state index contributed by atoms with van der Waals surface area (Å²) in [7, 11) is 0. The fourth-order valence-electron chi connectivity index (χ4n) is 5.06. The molecule has 3 atom stereocenters. The summed E-state index contributed by atoms with van der Waals surface area (Å²) in [6, 6.07) is 21.8. The highest BCUT2D eigenvalue weighted by molar-refractivity contribution is 6.05. The summed E-state index contributed by atoms with van der Waals surface area (Å²) in [6.45, 7) is 3.01. The van der Waals surface area contributed by atoms with Crippen LogP contribution in [-0.4, -0.2) is 6.61 Å². The molecule has 2 aliphatic heterocycles. The Morgan fingerprint density at radius 2 is 1.82 bits per heavy atom. The molecule has 140 valence electrons. The lowest BCUT2D eigenvalue weighted by Crippen LogP contribution is -2.36. The second-order valence-corrected chi connectivity index (χ2v) is 8.16. The zero-order chi connectivity index (χ0) is 18.7. The molecule has 0 bridgehead atoms. The van der Waals surface area contributed by atoms with E-state index in [2.05, 4.69) is 60.8 Å². The lowest BCUT2D eigenvalue weighted by atomic mass is 9.77. The summed E-state index contributed by atoms with van der Waals surface area (Å²) in [4.78, 5) is 0. The van der Waals surface area contributed by atoms with Crippen molar-refractivity contribution in [3.63, 3.8) is 0 Å². The Hall–Kier alpha value is -2.78. The maximum Gasteiger partial charge on any atom is 0.135 e. The summed E-state index contributed by atoms with van der Waals surface area (Å²) in [5, 5.41) is 6.21. The van der Waals surface area contributed by atoms with E-state index in [0.717, 1.165) is 24.2 Å². The normalized spacial score (nSPS) is 24.0. The van der Waals surface area contributed by atoms with Crippen molar-refractivity contribution in [3.8, 4) is 0 Å². The van der Waals surface area contributed by atoms with Crippen LogP contribution in [0, 0.1) is 12.8 Å². The second-order valence-electron chi connectivity index (χ2n) is 8.16. The second kappa shape index (κ2) is 6.11. The number of fused-ring (bicyclic) bond motifs is 6. The van der Waals surface area contributed by atoms with Crippen LogP contribution in [0.5, 0.6) is 0 Å². The van der Waals surface area contributed by atoms with Gasteiger partial charge in [0.1, 0.15) is 11.2 Å². The monoisotopic (exact) mass is 369 g/mol. The van der Waals surface area contributed by atoms with Crippen molar-refractivity contribution in [3.05, 3.63) is 77.4 Å². The van der Waals surface area contributed by atoms with Crippen LogP contribution in [0.2, 0.25) is 0 Å². The summed E-state index contributed by atoms with van der Waals surface area (Å²) in [5.41, 5.74) is 7.02. The molecule has 0 saturated carbocycles. The maximum absolute atomic E-state index is 6.30. The van der Waals surface area contributed by atoms with E-state index in [0.29, 0.717) is 5.92 Å². The molecular weight excluding hydrogens is 346 g/mol. The van der Waals surface area contributed by atoms with E-state index in [4.69, 9.17) is 9.15 Å². The highest BCUT2D eigenvalue weighted by Gasteiger charge is 2.39. The number of hydrogen-bond donors (Lipinski definition) is 1. The molecule has 0 aliphatic carbocycles. The Kier molecular flexibility index (Phi) is 3.54. The maximum atomic E-state index is 6.30. The molecule has 3 heteroatoms. The van der Waals surface area contributed by atoms with Crippen LogP contribution in [0.4, 0.5) is 5.69 Å². The van der Waals surface area contributed by atoms with Gasteiger partial charge in [0.25, 0.3) is 0 Å². The number of benzene rings is 3. The van der Waals surface area contributed by atoms with Crippen LogP contribution in [0.1, 0.15) is 41.7 Å².